The molecule has 0 spiro atoms. The monoisotopic (exact) mass is 442 g/mol. The number of rotatable bonds is 6. The number of hydrogen-bond acceptors (Lipinski definition) is 7. The van der Waals surface area contributed by atoms with E-state index in [0.29, 0.717) is 29.4 Å². The van der Waals surface area contributed by atoms with Crippen LogP contribution >= 0.6 is 0 Å². The first-order valence-electron chi connectivity index (χ1n) is 10.4. The lowest BCUT2D eigenvalue weighted by Crippen LogP contribution is -2.16. The fraction of sp³-hybridized carbons (Fsp3) is 0.192. The summed E-state index contributed by atoms with van der Waals surface area (Å²) in [5.74, 6) is 0.986. The Morgan fingerprint density at radius 1 is 1.15 bits per heavy atom. The Labute approximate surface area is 191 Å². The maximum absolute atomic E-state index is 11.5. The Balaban J connectivity index is 1.97. The van der Waals surface area contributed by atoms with E-state index in [4.69, 9.17) is 18.9 Å². The van der Waals surface area contributed by atoms with Crippen LogP contribution in [0.4, 0.5) is 0 Å². The second-order valence-electron chi connectivity index (χ2n) is 7.28. The second kappa shape index (κ2) is 9.45. The standard InChI is InChI=1S/C26H22N2O5/c1-4-31-15-28-26-22(14-27)24(18-6-9-19(30-3)10-7-18)25-21-13-20(32-16(2)29)11-5-17(21)8-12-23(25)33-26/h5-13,15,24H,4H2,1-3H3/b28-15-. The summed E-state index contributed by atoms with van der Waals surface area (Å²) in [6.45, 7) is 3.64. The third-order valence-corrected chi connectivity index (χ3v) is 5.25. The van der Waals surface area contributed by atoms with Gasteiger partial charge in [0.2, 0.25) is 5.88 Å². The lowest BCUT2D eigenvalue weighted by Gasteiger charge is -2.28. The van der Waals surface area contributed by atoms with Crippen LogP contribution in [0.3, 0.4) is 0 Å². The molecule has 1 aliphatic rings. The van der Waals surface area contributed by atoms with E-state index in [1.54, 1.807) is 19.2 Å². The molecule has 166 valence electrons. The molecule has 0 fully saturated rings. The van der Waals surface area contributed by atoms with Crippen molar-refractivity contribution >= 4 is 23.1 Å². The minimum absolute atomic E-state index is 0.176. The average molecular weight is 442 g/mol. The van der Waals surface area contributed by atoms with Crippen molar-refractivity contribution in [3.63, 3.8) is 0 Å². The van der Waals surface area contributed by atoms with Gasteiger partial charge in [-0.25, -0.2) is 0 Å². The van der Waals surface area contributed by atoms with E-state index in [9.17, 15) is 10.1 Å². The summed E-state index contributed by atoms with van der Waals surface area (Å²) >= 11 is 0. The van der Waals surface area contributed by atoms with Gasteiger partial charge in [-0.05, 0) is 53.6 Å². The van der Waals surface area contributed by atoms with Gasteiger partial charge in [0.1, 0.15) is 28.9 Å². The van der Waals surface area contributed by atoms with E-state index in [2.05, 4.69) is 11.1 Å². The molecule has 0 aromatic heterocycles. The number of hydrogen-bond donors (Lipinski definition) is 0. The molecule has 0 aliphatic carbocycles. The Kier molecular flexibility index (Phi) is 6.27. The molecular weight excluding hydrogens is 420 g/mol. The van der Waals surface area contributed by atoms with Crippen molar-refractivity contribution in [2.45, 2.75) is 19.8 Å². The fourth-order valence-corrected chi connectivity index (χ4v) is 3.84. The Bertz CT molecular complexity index is 1300. The van der Waals surface area contributed by atoms with Crippen LogP contribution in [0, 0.1) is 11.3 Å². The lowest BCUT2D eigenvalue weighted by atomic mass is 9.81. The summed E-state index contributed by atoms with van der Waals surface area (Å²) in [5, 5.41) is 11.9. The molecule has 0 saturated carbocycles. The molecule has 7 nitrogen and oxygen atoms in total. The van der Waals surface area contributed by atoms with Crippen molar-refractivity contribution < 1.29 is 23.7 Å². The van der Waals surface area contributed by atoms with Gasteiger partial charge in [-0.2, -0.15) is 10.3 Å². The van der Waals surface area contributed by atoms with Crippen molar-refractivity contribution in [1.29, 1.82) is 5.26 Å². The number of methoxy groups -OCH3 is 1. The van der Waals surface area contributed by atoms with Gasteiger partial charge in [0.25, 0.3) is 0 Å². The topological polar surface area (TPSA) is 90.1 Å². The molecule has 1 unspecified atom stereocenters. The van der Waals surface area contributed by atoms with Gasteiger partial charge in [-0.3, -0.25) is 4.79 Å². The average Bonchev–Trinajstić information content (AvgIpc) is 2.82. The third-order valence-electron chi connectivity index (χ3n) is 5.25. The van der Waals surface area contributed by atoms with Gasteiger partial charge in [0.05, 0.1) is 19.6 Å². The van der Waals surface area contributed by atoms with Crippen molar-refractivity contribution in [2.75, 3.05) is 13.7 Å². The number of esters is 1. The van der Waals surface area contributed by atoms with Gasteiger partial charge in [-0.1, -0.05) is 24.3 Å². The number of nitrogens with zero attached hydrogens (tertiary/aromatic N) is 2. The number of fused-ring (bicyclic) bond motifs is 3. The van der Waals surface area contributed by atoms with Crippen molar-refractivity contribution in [2.24, 2.45) is 4.99 Å². The van der Waals surface area contributed by atoms with Crippen LogP contribution in [0.25, 0.3) is 10.8 Å². The third kappa shape index (κ3) is 4.37. The SMILES string of the molecule is CCO/C=N\C1=C(C#N)C(c2ccc(OC)cc2)c2c(ccc3ccc(OC(C)=O)cc23)O1. The number of aliphatic imine (C=N–C) groups is 1. The quantitative estimate of drug-likeness (QED) is 0.228. The molecule has 0 N–H and O–H groups in total. The van der Waals surface area contributed by atoms with Crippen LogP contribution in [-0.4, -0.2) is 26.1 Å². The number of benzene rings is 3. The smallest absolute Gasteiger partial charge is 0.308 e. The van der Waals surface area contributed by atoms with Crippen LogP contribution in [0.5, 0.6) is 17.2 Å². The van der Waals surface area contributed by atoms with Gasteiger partial charge < -0.3 is 18.9 Å². The van der Waals surface area contributed by atoms with Crippen LogP contribution in [0.1, 0.15) is 30.9 Å². The molecule has 1 heterocycles. The van der Waals surface area contributed by atoms with E-state index < -0.39 is 11.9 Å². The summed E-state index contributed by atoms with van der Waals surface area (Å²) in [6, 6.07) is 19.0. The Hall–Kier alpha value is -4.31. The number of carbonyl (C=O) groups is 1. The molecule has 0 amide bonds. The van der Waals surface area contributed by atoms with E-state index in [1.165, 1.54) is 13.3 Å². The number of ether oxygens (including phenoxy) is 4. The van der Waals surface area contributed by atoms with E-state index in [-0.39, 0.29) is 5.88 Å². The molecule has 3 aromatic carbocycles. The molecule has 4 rings (SSSR count). The van der Waals surface area contributed by atoms with Gasteiger partial charge in [0.15, 0.2) is 6.40 Å². The minimum Gasteiger partial charge on any atom is -0.497 e. The zero-order valence-corrected chi connectivity index (χ0v) is 18.5. The first-order chi connectivity index (χ1) is 16.0. The van der Waals surface area contributed by atoms with Gasteiger partial charge in [-0.15, -0.1) is 0 Å². The molecule has 0 saturated heterocycles. The second-order valence-corrected chi connectivity index (χ2v) is 7.28. The molecule has 0 bridgehead atoms. The van der Waals surface area contributed by atoms with Crippen molar-refractivity contribution in [3.05, 3.63) is 77.2 Å². The zero-order valence-electron chi connectivity index (χ0n) is 18.5. The van der Waals surface area contributed by atoms with E-state index >= 15 is 0 Å². The molecule has 0 radical (unpaired) electrons. The van der Waals surface area contributed by atoms with Crippen molar-refractivity contribution in [3.8, 4) is 23.3 Å². The summed E-state index contributed by atoms with van der Waals surface area (Å²) in [6.07, 6.45) is 1.28. The lowest BCUT2D eigenvalue weighted by molar-refractivity contribution is -0.131. The molecule has 1 atom stereocenters. The van der Waals surface area contributed by atoms with Gasteiger partial charge in [0, 0.05) is 12.5 Å². The summed E-state index contributed by atoms with van der Waals surface area (Å²) in [5.41, 5.74) is 2.00. The zero-order chi connectivity index (χ0) is 23.4. The van der Waals surface area contributed by atoms with Crippen LogP contribution < -0.4 is 14.2 Å². The first-order valence-corrected chi connectivity index (χ1v) is 10.4. The maximum atomic E-state index is 11.5. The highest BCUT2D eigenvalue weighted by Gasteiger charge is 2.33. The summed E-state index contributed by atoms with van der Waals surface area (Å²) in [7, 11) is 1.60. The predicted molar refractivity (Wildman–Crippen MR) is 123 cm³/mol. The van der Waals surface area contributed by atoms with Crippen LogP contribution in [-0.2, 0) is 9.53 Å². The predicted octanol–water partition coefficient (Wildman–Crippen LogP) is 5.10. The summed E-state index contributed by atoms with van der Waals surface area (Å²) < 4.78 is 21.9. The largest absolute Gasteiger partial charge is 0.497 e. The molecule has 33 heavy (non-hydrogen) atoms. The highest BCUT2D eigenvalue weighted by Crippen LogP contribution is 2.47. The summed E-state index contributed by atoms with van der Waals surface area (Å²) in [4.78, 5) is 15.8. The van der Waals surface area contributed by atoms with E-state index in [1.807, 2.05) is 49.4 Å². The fourth-order valence-electron chi connectivity index (χ4n) is 3.84. The number of carbonyl (C=O) groups excluding carboxylic acids is 1. The first kappa shape index (κ1) is 21.9. The Morgan fingerprint density at radius 3 is 2.55 bits per heavy atom. The highest BCUT2D eigenvalue weighted by molar-refractivity contribution is 5.91. The number of nitriles is 1. The number of allylic oxidation sites excluding steroid dienone is 1. The van der Waals surface area contributed by atoms with E-state index in [0.717, 1.165) is 21.9 Å². The van der Waals surface area contributed by atoms with Crippen LogP contribution in [0.2, 0.25) is 0 Å². The van der Waals surface area contributed by atoms with Crippen LogP contribution in [0.15, 0.2) is 71.0 Å². The maximum Gasteiger partial charge on any atom is 0.308 e. The Morgan fingerprint density at radius 2 is 1.88 bits per heavy atom. The molecule has 7 heteroatoms. The highest BCUT2D eigenvalue weighted by atomic mass is 16.5. The normalized spacial score (nSPS) is 15.0. The minimum atomic E-state index is -0.463. The molecular formula is C26H22N2O5. The van der Waals surface area contributed by atoms with Crippen molar-refractivity contribution in [1.82, 2.24) is 0 Å². The molecule has 1 aliphatic heterocycles. The molecule has 3 aromatic rings. The van der Waals surface area contributed by atoms with Gasteiger partial charge >= 0.3 is 5.97 Å².